The summed E-state index contributed by atoms with van der Waals surface area (Å²) in [5.41, 5.74) is 5.52. The van der Waals surface area contributed by atoms with E-state index in [1.54, 1.807) is 24.6 Å². The standard InChI is InChI=1S/C9H17N3O2S/c1-6(2)12-5-8(10)11-9(12)15(13,14)7(3)4/h5-7H,10H2,1-4H3. The maximum absolute atomic E-state index is 11.9. The van der Waals surface area contributed by atoms with E-state index in [4.69, 9.17) is 5.73 Å². The Balaban J connectivity index is 3.38. The number of rotatable bonds is 3. The number of aromatic nitrogens is 2. The first-order valence-electron chi connectivity index (χ1n) is 4.85. The molecule has 1 aromatic heterocycles. The third-order valence-corrected chi connectivity index (χ3v) is 4.20. The monoisotopic (exact) mass is 231 g/mol. The third kappa shape index (κ3) is 2.14. The van der Waals surface area contributed by atoms with Crippen molar-refractivity contribution in [1.29, 1.82) is 0 Å². The topological polar surface area (TPSA) is 78.0 Å². The molecule has 0 bridgehead atoms. The fourth-order valence-corrected chi connectivity index (χ4v) is 2.40. The molecule has 86 valence electrons. The molecule has 5 nitrogen and oxygen atoms in total. The van der Waals surface area contributed by atoms with Crippen LogP contribution in [0.25, 0.3) is 0 Å². The van der Waals surface area contributed by atoms with Crippen molar-refractivity contribution in [3.05, 3.63) is 6.20 Å². The molecular weight excluding hydrogens is 214 g/mol. The first kappa shape index (κ1) is 12.0. The van der Waals surface area contributed by atoms with E-state index in [1.165, 1.54) is 0 Å². The van der Waals surface area contributed by atoms with Crippen LogP contribution in [0.5, 0.6) is 0 Å². The quantitative estimate of drug-likeness (QED) is 0.848. The molecule has 0 spiro atoms. The normalized spacial score (nSPS) is 12.7. The Bertz CT molecular complexity index is 446. The summed E-state index contributed by atoms with van der Waals surface area (Å²) in [5.74, 6) is 0.239. The maximum Gasteiger partial charge on any atom is 0.230 e. The van der Waals surface area contributed by atoms with Crippen molar-refractivity contribution in [2.24, 2.45) is 0 Å². The smallest absolute Gasteiger partial charge is 0.230 e. The van der Waals surface area contributed by atoms with Crippen molar-refractivity contribution in [3.8, 4) is 0 Å². The molecule has 0 saturated carbocycles. The highest BCUT2D eigenvalue weighted by atomic mass is 32.2. The number of sulfone groups is 1. The minimum atomic E-state index is -3.36. The Morgan fingerprint density at radius 3 is 2.27 bits per heavy atom. The minimum absolute atomic E-state index is 0.0262. The Morgan fingerprint density at radius 1 is 1.33 bits per heavy atom. The van der Waals surface area contributed by atoms with Gasteiger partial charge < -0.3 is 10.3 Å². The van der Waals surface area contributed by atoms with Gasteiger partial charge in [0.25, 0.3) is 0 Å². The van der Waals surface area contributed by atoms with Crippen LogP contribution in [-0.4, -0.2) is 23.2 Å². The van der Waals surface area contributed by atoms with Crippen LogP contribution in [0.2, 0.25) is 0 Å². The van der Waals surface area contributed by atoms with Crippen molar-refractivity contribution in [1.82, 2.24) is 9.55 Å². The van der Waals surface area contributed by atoms with E-state index < -0.39 is 15.1 Å². The fraction of sp³-hybridized carbons (Fsp3) is 0.667. The van der Waals surface area contributed by atoms with Gasteiger partial charge in [0.1, 0.15) is 5.82 Å². The molecule has 0 saturated heterocycles. The number of nitrogen functional groups attached to an aromatic ring is 1. The van der Waals surface area contributed by atoms with Gasteiger partial charge in [-0.1, -0.05) is 0 Å². The molecule has 0 amide bonds. The Hall–Kier alpha value is -1.04. The molecule has 0 atom stereocenters. The maximum atomic E-state index is 11.9. The summed E-state index contributed by atoms with van der Waals surface area (Å²) in [6.45, 7) is 7.04. The lowest BCUT2D eigenvalue weighted by Gasteiger charge is -2.12. The number of hydrogen-bond donors (Lipinski definition) is 1. The largest absolute Gasteiger partial charge is 0.382 e. The first-order valence-corrected chi connectivity index (χ1v) is 6.39. The van der Waals surface area contributed by atoms with Gasteiger partial charge in [-0.3, -0.25) is 0 Å². The highest BCUT2D eigenvalue weighted by Crippen LogP contribution is 2.20. The van der Waals surface area contributed by atoms with Crippen LogP contribution in [0.3, 0.4) is 0 Å². The van der Waals surface area contributed by atoms with Gasteiger partial charge in [0, 0.05) is 12.2 Å². The van der Waals surface area contributed by atoms with E-state index >= 15 is 0 Å². The summed E-state index contributed by atoms with van der Waals surface area (Å²) in [4.78, 5) is 3.88. The molecule has 6 heteroatoms. The molecule has 0 aliphatic carbocycles. The van der Waals surface area contributed by atoms with Crippen LogP contribution in [0, 0.1) is 0 Å². The third-order valence-electron chi connectivity index (χ3n) is 2.15. The molecule has 1 heterocycles. The Labute approximate surface area is 90.2 Å². The molecule has 0 aliphatic rings. The average Bonchev–Trinajstić information content (AvgIpc) is 2.47. The number of nitrogens with zero attached hydrogens (tertiary/aromatic N) is 2. The molecule has 0 fully saturated rings. The summed E-state index contributed by atoms with van der Waals surface area (Å²) in [6.07, 6.45) is 1.56. The van der Waals surface area contributed by atoms with Crippen LogP contribution in [-0.2, 0) is 9.84 Å². The molecule has 1 rings (SSSR count). The average molecular weight is 231 g/mol. The van der Waals surface area contributed by atoms with E-state index in [1.807, 2.05) is 13.8 Å². The predicted octanol–water partition coefficient (Wildman–Crippen LogP) is 1.23. The van der Waals surface area contributed by atoms with Crippen molar-refractivity contribution >= 4 is 15.7 Å². The Kier molecular flexibility index (Phi) is 3.08. The van der Waals surface area contributed by atoms with Crippen molar-refractivity contribution in [3.63, 3.8) is 0 Å². The lowest BCUT2D eigenvalue weighted by Crippen LogP contribution is -2.20. The van der Waals surface area contributed by atoms with Gasteiger partial charge in [0.05, 0.1) is 5.25 Å². The first-order chi connectivity index (χ1) is 6.76. The molecule has 0 aliphatic heterocycles. The predicted molar refractivity (Wildman–Crippen MR) is 59.3 cm³/mol. The Morgan fingerprint density at radius 2 is 1.87 bits per heavy atom. The van der Waals surface area contributed by atoms with Crippen molar-refractivity contribution in [2.75, 3.05) is 5.73 Å². The molecular formula is C9H17N3O2S. The highest BCUT2D eigenvalue weighted by molar-refractivity contribution is 7.91. The fourth-order valence-electron chi connectivity index (χ4n) is 1.19. The van der Waals surface area contributed by atoms with E-state index in [2.05, 4.69) is 4.98 Å². The van der Waals surface area contributed by atoms with Crippen LogP contribution >= 0.6 is 0 Å². The summed E-state index contributed by atoms with van der Waals surface area (Å²) < 4.78 is 25.5. The molecule has 0 aromatic carbocycles. The zero-order valence-corrected chi connectivity index (χ0v) is 10.2. The highest BCUT2D eigenvalue weighted by Gasteiger charge is 2.26. The molecule has 0 radical (unpaired) electrons. The second kappa shape index (κ2) is 3.84. The summed E-state index contributed by atoms with van der Waals surface area (Å²) in [7, 11) is -3.36. The summed E-state index contributed by atoms with van der Waals surface area (Å²) in [6, 6.07) is 0.0262. The van der Waals surface area contributed by atoms with E-state index in [0.717, 1.165) is 0 Å². The molecule has 2 N–H and O–H groups in total. The van der Waals surface area contributed by atoms with Gasteiger partial charge in [-0.2, -0.15) is 0 Å². The number of anilines is 1. The number of nitrogens with two attached hydrogens (primary N) is 1. The number of imidazole rings is 1. The van der Waals surface area contributed by atoms with Gasteiger partial charge in [-0.15, -0.1) is 0 Å². The number of hydrogen-bond acceptors (Lipinski definition) is 4. The lowest BCUT2D eigenvalue weighted by molar-refractivity contribution is 0.516. The van der Waals surface area contributed by atoms with Crippen LogP contribution in [0.4, 0.5) is 5.82 Å². The lowest BCUT2D eigenvalue weighted by atomic mass is 10.4. The van der Waals surface area contributed by atoms with Gasteiger partial charge in [0.15, 0.2) is 0 Å². The second-order valence-corrected chi connectivity index (χ2v) is 6.44. The van der Waals surface area contributed by atoms with Crippen LogP contribution < -0.4 is 5.73 Å². The summed E-state index contributed by atoms with van der Waals surface area (Å²) in [5, 5.41) is -0.429. The van der Waals surface area contributed by atoms with E-state index in [0.29, 0.717) is 0 Å². The van der Waals surface area contributed by atoms with Crippen LogP contribution in [0.1, 0.15) is 33.7 Å². The zero-order chi connectivity index (χ0) is 11.8. The second-order valence-electron chi connectivity index (χ2n) is 4.04. The van der Waals surface area contributed by atoms with Gasteiger partial charge in [-0.25, -0.2) is 13.4 Å². The van der Waals surface area contributed by atoms with E-state index in [9.17, 15) is 8.42 Å². The van der Waals surface area contributed by atoms with Crippen molar-refractivity contribution < 1.29 is 8.42 Å². The zero-order valence-electron chi connectivity index (χ0n) is 9.43. The van der Waals surface area contributed by atoms with Crippen LogP contribution in [0.15, 0.2) is 11.4 Å². The van der Waals surface area contributed by atoms with Gasteiger partial charge >= 0.3 is 0 Å². The summed E-state index contributed by atoms with van der Waals surface area (Å²) >= 11 is 0. The van der Waals surface area contributed by atoms with Gasteiger partial charge in [-0.05, 0) is 27.7 Å². The van der Waals surface area contributed by atoms with Gasteiger partial charge in [0.2, 0.25) is 15.0 Å². The van der Waals surface area contributed by atoms with E-state index in [-0.39, 0.29) is 17.0 Å². The van der Waals surface area contributed by atoms with Crippen molar-refractivity contribution in [2.45, 2.75) is 44.1 Å². The SMILES string of the molecule is CC(C)n1cc(N)nc1S(=O)(=O)C(C)C. The molecule has 1 aromatic rings. The molecule has 0 unspecified atom stereocenters. The minimum Gasteiger partial charge on any atom is -0.382 e. The molecule has 15 heavy (non-hydrogen) atoms.